The van der Waals surface area contributed by atoms with Crippen LogP contribution in [0.3, 0.4) is 0 Å². The van der Waals surface area contributed by atoms with Gasteiger partial charge in [0, 0.05) is 12.0 Å². The van der Waals surface area contributed by atoms with Crippen molar-refractivity contribution >= 4 is 5.97 Å². The Bertz CT molecular complexity index is 752. The maximum Gasteiger partial charge on any atom is 0.306 e. The highest BCUT2D eigenvalue weighted by Crippen LogP contribution is 2.27. The third kappa shape index (κ3) is 6.24. The summed E-state index contributed by atoms with van der Waals surface area (Å²) in [4.78, 5) is 11.4. The minimum atomic E-state index is -0.809. The van der Waals surface area contributed by atoms with Crippen LogP contribution in [0.1, 0.15) is 38.3 Å². The van der Waals surface area contributed by atoms with E-state index in [1.54, 1.807) is 25.1 Å². The summed E-state index contributed by atoms with van der Waals surface area (Å²) >= 11 is 0. The molecular weight excluding hydrogens is 354 g/mol. The van der Waals surface area contributed by atoms with Crippen LogP contribution >= 0.6 is 0 Å². The van der Waals surface area contributed by atoms with E-state index in [2.05, 4.69) is 0 Å². The summed E-state index contributed by atoms with van der Waals surface area (Å²) in [7, 11) is 0. The van der Waals surface area contributed by atoms with E-state index in [-0.39, 0.29) is 32.2 Å². The van der Waals surface area contributed by atoms with Crippen molar-refractivity contribution in [2.24, 2.45) is 0 Å². The Morgan fingerprint density at radius 3 is 2.41 bits per heavy atom. The lowest BCUT2D eigenvalue weighted by molar-refractivity contribution is -0.143. The molecular formula is C21H24F2O4. The van der Waals surface area contributed by atoms with E-state index in [1.807, 2.05) is 19.9 Å². The molecule has 0 aromatic heterocycles. The molecule has 0 bridgehead atoms. The van der Waals surface area contributed by atoms with Gasteiger partial charge in [0.2, 0.25) is 0 Å². The van der Waals surface area contributed by atoms with Crippen LogP contribution in [0.4, 0.5) is 8.78 Å². The summed E-state index contributed by atoms with van der Waals surface area (Å²) in [5, 5.41) is 0. The normalized spacial score (nSPS) is 10.7. The van der Waals surface area contributed by atoms with Gasteiger partial charge in [-0.05, 0) is 51.0 Å². The largest absolute Gasteiger partial charge is 0.491 e. The van der Waals surface area contributed by atoms with Gasteiger partial charge in [-0.1, -0.05) is 18.2 Å². The zero-order chi connectivity index (χ0) is 19.8. The smallest absolute Gasteiger partial charge is 0.306 e. The van der Waals surface area contributed by atoms with Gasteiger partial charge >= 0.3 is 5.97 Å². The second-order valence-electron chi connectivity index (χ2n) is 6.26. The summed E-state index contributed by atoms with van der Waals surface area (Å²) in [5.74, 6) is -1.86. The second kappa shape index (κ2) is 9.90. The van der Waals surface area contributed by atoms with Crippen LogP contribution in [-0.4, -0.2) is 18.7 Å². The van der Waals surface area contributed by atoms with Gasteiger partial charge in [0.1, 0.15) is 12.4 Å². The monoisotopic (exact) mass is 378 g/mol. The average molecular weight is 378 g/mol. The number of esters is 1. The molecule has 0 aliphatic heterocycles. The molecule has 0 aliphatic rings. The number of hydrogen-bond acceptors (Lipinski definition) is 4. The quantitative estimate of drug-likeness (QED) is 0.587. The third-order valence-electron chi connectivity index (χ3n) is 3.69. The number of ether oxygens (including phenoxy) is 3. The maximum atomic E-state index is 14.3. The molecule has 0 saturated heterocycles. The van der Waals surface area contributed by atoms with Crippen LogP contribution in [-0.2, 0) is 22.6 Å². The minimum absolute atomic E-state index is 0.0289. The summed E-state index contributed by atoms with van der Waals surface area (Å²) in [5.41, 5.74) is 1.06. The van der Waals surface area contributed by atoms with Crippen molar-refractivity contribution in [3.8, 4) is 11.5 Å². The molecule has 0 atom stereocenters. The molecule has 0 radical (unpaired) electrons. The highest BCUT2D eigenvalue weighted by Gasteiger charge is 2.15. The lowest BCUT2D eigenvalue weighted by Gasteiger charge is -2.15. The maximum absolute atomic E-state index is 14.3. The molecule has 0 amide bonds. The Balaban J connectivity index is 2.06. The van der Waals surface area contributed by atoms with Gasteiger partial charge in [-0.15, -0.1) is 0 Å². The molecule has 6 heteroatoms. The van der Waals surface area contributed by atoms with Crippen molar-refractivity contribution in [2.45, 2.75) is 46.3 Å². The Hall–Kier alpha value is -2.63. The fraction of sp³-hybridized carbons (Fsp3) is 0.381. The average Bonchev–Trinajstić information content (AvgIpc) is 2.60. The van der Waals surface area contributed by atoms with Gasteiger partial charge in [-0.25, -0.2) is 8.78 Å². The molecule has 0 aliphatic carbocycles. The highest BCUT2D eigenvalue weighted by molar-refractivity contribution is 5.69. The van der Waals surface area contributed by atoms with Crippen LogP contribution in [0.2, 0.25) is 0 Å². The first-order valence-electron chi connectivity index (χ1n) is 8.91. The molecule has 0 unspecified atom stereocenters. The van der Waals surface area contributed by atoms with E-state index >= 15 is 0 Å². The fourth-order valence-electron chi connectivity index (χ4n) is 2.52. The molecule has 146 valence electrons. The number of aryl methyl sites for hydroxylation is 1. The third-order valence-corrected chi connectivity index (χ3v) is 3.69. The lowest BCUT2D eigenvalue weighted by atomic mass is 10.1. The van der Waals surface area contributed by atoms with E-state index in [0.717, 1.165) is 0 Å². The first-order valence-corrected chi connectivity index (χ1v) is 8.91. The van der Waals surface area contributed by atoms with Crippen LogP contribution in [0, 0.1) is 11.6 Å². The van der Waals surface area contributed by atoms with Crippen molar-refractivity contribution in [3.05, 3.63) is 59.2 Å². The van der Waals surface area contributed by atoms with Gasteiger partial charge in [0.25, 0.3) is 0 Å². The van der Waals surface area contributed by atoms with Crippen LogP contribution in [0.25, 0.3) is 0 Å². The van der Waals surface area contributed by atoms with E-state index in [1.165, 1.54) is 12.1 Å². The standard InChI is InChI=1S/C21H24F2O4/c1-4-25-20(24)10-9-15-11-17(22)21(18(23)12-15)26-13-16-7-5-6-8-19(16)27-14(2)3/h5-8,11-12,14H,4,9-10,13H2,1-3H3. The number of benzene rings is 2. The summed E-state index contributed by atoms with van der Waals surface area (Å²) in [6, 6.07) is 9.53. The summed E-state index contributed by atoms with van der Waals surface area (Å²) < 4.78 is 44.4. The van der Waals surface area contributed by atoms with Crippen molar-refractivity contribution in [1.29, 1.82) is 0 Å². The topological polar surface area (TPSA) is 44.8 Å². The number of carbonyl (C=O) groups is 1. The molecule has 27 heavy (non-hydrogen) atoms. The molecule has 0 fully saturated rings. The molecule has 0 heterocycles. The predicted octanol–water partition coefficient (Wildman–Crippen LogP) is 4.83. The molecule has 2 rings (SSSR count). The lowest BCUT2D eigenvalue weighted by Crippen LogP contribution is -2.09. The van der Waals surface area contributed by atoms with Crippen LogP contribution in [0.15, 0.2) is 36.4 Å². The number of para-hydroxylation sites is 1. The molecule has 2 aromatic rings. The highest BCUT2D eigenvalue weighted by atomic mass is 19.1. The van der Waals surface area contributed by atoms with E-state index in [4.69, 9.17) is 14.2 Å². The number of rotatable bonds is 9. The van der Waals surface area contributed by atoms with Gasteiger partial charge < -0.3 is 14.2 Å². The van der Waals surface area contributed by atoms with Gasteiger partial charge in [-0.3, -0.25) is 4.79 Å². The molecule has 0 N–H and O–H groups in total. The van der Waals surface area contributed by atoms with Crippen molar-refractivity contribution in [1.82, 2.24) is 0 Å². The number of halogens is 2. The first-order chi connectivity index (χ1) is 12.9. The Morgan fingerprint density at radius 1 is 1.11 bits per heavy atom. The van der Waals surface area contributed by atoms with Crippen molar-refractivity contribution in [3.63, 3.8) is 0 Å². The molecule has 0 spiro atoms. The Kier molecular flexibility index (Phi) is 7.58. The molecule has 0 saturated carbocycles. The van der Waals surface area contributed by atoms with E-state index in [0.29, 0.717) is 16.9 Å². The first kappa shape index (κ1) is 20.7. The van der Waals surface area contributed by atoms with Gasteiger partial charge in [0.15, 0.2) is 17.4 Å². The van der Waals surface area contributed by atoms with Gasteiger partial charge in [0.05, 0.1) is 12.7 Å². The Labute approximate surface area is 158 Å². The number of hydrogen-bond donors (Lipinski definition) is 0. The molecule has 2 aromatic carbocycles. The summed E-state index contributed by atoms with van der Waals surface area (Å²) in [6.07, 6.45) is 0.225. The van der Waals surface area contributed by atoms with Crippen molar-refractivity contribution in [2.75, 3.05) is 6.61 Å². The molecule has 4 nitrogen and oxygen atoms in total. The summed E-state index contributed by atoms with van der Waals surface area (Å²) in [6.45, 7) is 5.74. The van der Waals surface area contributed by atoms with Gasteiger partial charge in [-0.2, -0.15) is 0 Å². The van der Waals surface area contributed by atoms with Crippen molar-refractivity contribution < 1.29 is 27.8 Å². The minimum Gasteiger partial charge on any atom is -0.491 e. The zero-order valence-electron chi connectivity index (χ0n) is 15.8. The fourth-order valence-corrected chi connectivity index (χ4v) is 2.52. The van der Waals surface area contributed by atoms with E-state index in [9.17, 15) is 13.6 Å². The second-order valence-corrected chi connectivity index (χ2v) is 6.26. The Morgan fingerprint density at radius 2 is 1.78 bits per heavy atom. The van der Waals surface area contributed by atoms with E-state index < -0.39 is 23.4 Å². The zero-order valence-corrected chi connectivity index (χ0v) is 15.8. The van der Waals surface area contributed by atoms with Crippen LogP contribution < -0.4 is 9.47 Å². The van der Waals surface area contributed by atoms with Crippen LogP contribution in [0.5, 0.6) is 11.5 Å². The SMILES string of the molecule is CCOC(=O)CCc1cc(F)c(OCc2ccccc2OC(C)C)c(F)c1. The number of carbonyl (C=O) groups excluding carboxylic acids is 1. The predicted molar refractivity (Wildman–Crippen MR) is 97.9 cm³/mol.